The molecular weight excluding hydrogens is 362 g/mol. The lowest BCUT2D eigenvalue weighted by atomic mass is 9.87. The Morgan fingerprint density at radius 2 is 1.32 bits per heavy atom. The Bertz CT molecular complexity index is 663. The van der Waals surface area contributed by atoms with Crippen LogP contribution >= 0.6 is 18.8 Å². The Kier molecular flexibility index (Phi) is 7.01. The van der Waals surface area contributed by atoms with Gasteiger partial charge in [0.1, 0.15) is 23.8 Å². The number of carbonyl (C=O) groups excluding carboxylic acids is 1. The van der Waals surface area contributed by atoms with Crippen molar-refractivity contribution in [2.24, 2.45) is 0 Å². The Hall–Kier alpha value is -1.41. The summed E-state index contributed by atoms with van der Waals surface area (Å²) in [5.74, 6) is -1.41. The number of ether oxygens (including phenoxy) is 1. The molecule has 0 bridgehead atoms. The van der Waals surface area contributed by atoms with Crippen LogP contribution in [0.3, 0.4) is 0 Å². The van der Waals surface area contributed by atoms with Crippen LogP contribution in [0.5, 0.6) is 0 Å². The van der Waals surface area contributed by atoms with Crippen molar-refractivity contribution in [2.75, 3.05) is 0 Å². The third kappa shape index (κ3) is 5.28. The monoisotopic (exact) mass is 383 g/mol. The van der Waals surface area contributed by atoms with Gasteiger partial charge in [-0.15, -0.1) is 0 Å². The van der Waals surface area contributed by atoms with Crippen LogP contribution in [-0.2, 0) is 9.53 Å². The van der Waals surface area contributed by atoms with Crippen LogP contribution in [0.4, 0.5) is 8.78 Å². The van der Waals surface area contributed by atoms with E-state index in [1.54, 1.807) is 42.6 Å². The van der Waals surface area contributed by atoms with E-state index < -0.39 is 12.1 Å². The van der Waals surface area contributed by atoms with E-state index in [9.17, 15) is 13.6 Å². The van der Waals surface area contributed by atoms with E-state index in [2.05, 4.69) is 18.8 Å². The Labute approximate surface area is 151 Å². The average Bonchev–Trinajstić information content (AvgIpc) is 2.57. The van der Waals surface area contributed by atoms with Crippen molar-refractivity contribution in [1.29, 1.82) is 0 Å². The predicted molar refractivity (Wildman–Crippen MR) is 101 cm³/mol. The van der Waals surface area contributed by atoms with Crippen molar-refractivity contribution in [2.45, 2.75) is 31.9 Å². The van der Waals surface area contributed by atoms with Gasteiger partial charge in [-0.25, -0.2) is 8.78 Å². The van der Waals surface area contributed by atoms with Gasteiger partial charge in [0.15, 0.2) is 0 Å². The van der Waals surface area contributed by atoms with Crippen LogP contribution in [-0.4, -0.2) is 22.6 Å². The molecule has 4 atom stereocenters. The molecule has 0 fully saturated rings. The minimum Gasteiger partial charge on any atom is -0.460 e. The number of nitrogens with zero attached hydrogens (tertiary/aromatic N) is 1. The Morgan fingerprint density at radius 3 is 1.68 bits per heavy atom. The van der Waals surface area contributed by atoms with Gasteiger partial charge in [0.25, 0.3) is 0 Å². The maximum Gasteiger partial charge on any atom is 0.323 e. The van der Waals surface area contributed by atoms with E-state index >= 15 is 0 Å². The van der Waals surface area contributed by atoms with Crippen LogP contribution in [0.2, 0.25) is 0 Å². The van der Waals surface area contributed by atoms with Crippen LogP contribution < -0.4 is 0 Å². The minimum atomic E-state index is -0.513. The summed E-state index contributed by atoms with van der Waals surface area (Å²) >= 11 is 0. The van der Waals surface area contributed by atoms with E-state index in [-0.39, 0.29) is 23.5 Å². The summed E-state index contributed by atoms with van der Waals surface area (Å²) in [5.41, 5.74) is 1.57. The van der Waals surface area contributed by atoms with E-state index in [4.69, 9.17) is 4.74 Å². The number of hydrogen-bond acceptors (Lipinski definition) is 3. The number of benzene rings is 2. The first-order valence-corrected chi connectivity index (χ1v) is 8.83. The van der Waals surface area contributed by atoms with Crippen molar-refractivity contribution >= 4 is 24.8 Å². The largest absolute Gasteiger partial charge is 0.460 e. The van der Waals surface area contributed by atoms with Gasteiger partial charge in [0.2, 0.25) is 0 Å². The smallest absolute Gasteiger partial charge is 0.323 e. The van der Waals surface area contributed by atoms with Gasteiger partial charge in [0, 0.05) is 5.92 Å². The number of hydrogen-bond donors (Lipinski definition) is 0. The third-order valence-corrected chi connectivity index (χ3v) is 4.91. The molecule has 0 heterocycles. The van der Waals surface area contributed by atoms with Crippen molar-refractivity contribution < 1.29 is 18.3 Å². The molecule has 0 saturated carbocycles. The highest BCUT2D eigenvalue weighted by molar-refractivity contribution is 7.31. The Morgan fingerprint density at radius 1 is 0.920 bits per heavy atom. The lowest BCUT2D eigenvalue weighted by molar-refractivity contribution is -0.151. The SMILES string of the molecule is C[C@@H](OC(=O)[C@H](C)N(P)P)C(c1ccc(F)cc1)c1ccc(F)cc1. The van der Waals surface area contributed by atoms with Gasteiger partial charge < -0.3 is 4.74 Å². The fraction of sp³-hybridized carbons (Fsp3) is 0.278. The van der Waals surface area contributed by atoms with Gasteiger partial charge in [-0.2, -0.15) is 0 Å². The van der Waals surface area contributed by atoms with Crippen LogP contribution in [0.25, 0.3) is 0 Å². The van der Waals surface area contributed by atoms with E-state index in [0.717, 1.165) is 11.1 Å². The zero-order valence-corrected chi connectivity index (χ0v) is 16.3. The normalized spacial score (nSPS) is 13.8. The molecule has 0 aromatic heterocycles. The van der Waals surface area contributed by atoms with Crippen LogP contribution in [0.15, 0.2) is 48.5 Å². The molecule has 0 N–H and O–H groups in total. The lowest BCUT2D eigenvalue weighted by Crippen LogP contribution is -2.33. The first-order valence-electron chi connectivity index (χ1n) is 7.79. The summed E-state index contributed by atoms with van der Waals surface area (Å²) in [6, 6.07) is 11.6. The molecule has 2 rings (SSSR count). The van der Waals surface area contributed by atoms with E-state index in [0.29, 0.717) is 0 Å². The molecular formula is C18H21F2NO2P2. The molecule has 0 amide bonds. The van der Waals surface area contributed by atoms with E-state index in [1.807, 2.05) is 0 Å². The number of halogens is 2. The molecule has 134 valence electrons. The molecule has 7 heteroatoms. The molecule has 2 aromatic rings. The summed E-state index contributed by atoms with van der Waals surface area (Å²) in [5, 5.41) is 0. The quantitative estimate of drug-likeness (QED) is 0.550. The zero-order chi connectivity index (χ0) is 18.6. The lowest BCUT2D eigenvalue weighted by Gasteiger charge is -2.27. The van der Waals surface area contributed by atoms with Crippen LogP contribution in [0.1, 0.15) is 30.9 Å². The maximum atomic E-state index is 13.3. The first-order chi connectivity index (χ1) is 11.8. The van der Waals surface area contributed by atoms with E-state index in [1.165, 1.54) is 24.3 Å². The second-order valence-corrected chi connectivity index (χ2v) is 7.63. The minimum absolute atomic E-state index is 0.334. The number of esters is 1. The molecule has 2 aromatic carbocycles. The summed E-state index contributed by atoms with van der Waals surface area (Å²) in [4.78, 5) is 12.3. The van der Waals surface area contributed by atoms with Gasteiger partial charge >= 0.3 is 5.97 Å². The number of rotatable bonds is 6. The summed E-state index contributed by atoms with van der Waals surface area (Å²) < 4.78 is 33.7. The van der Waals surface area contributed by atoms with Gasteiger partial charge in [-0.05, 0) is 49.2 Å². The summed E-state index contributed by atoms with van der Waals surface area (Å²) in [6.07, 6.45) is -0.513. The van der Waals surface area contributed by atoms with Gasteiger partial charge in [-0.3, -0.25) is 9.24 Å². The fourth-order valence-electron chi connectivity index (χ4n) is 2.55. The second-order valence-electron chi connectivity index (χ2n) is 5.85. The molecule has 0 saturated heterocycles. The molecule has 3 nitrogen and oxygen atoms in total. The van der Waals surface area contributed by atoms with Gasteiger partial charge in [-0.1, -0.05) is 43.0 Å². The maximum absolute atomic E-state index is 13.3. The van der Waals surface area contributed by atoms with Crippen LogP contribution in [0, 0.1) is 11.6 Å². The van der Waals surface area contributed by atoms with Crippen molar-refractivity contribution in [3.8, 4) is 0 Å². The summed E-state index contributed by atoms with van der Waals surface area (Å²) in [6.45, 7) is 3.50. The highest BCUT2D eigenvalue weighted by Gasteiger charge is 2.27. The van der Waals surface area contributed by atoms with Crippen molar-refractivity contribution in [3.05, 3.63) is 71.3 Å². The fourth-order valence-corrected chi connectivity index (χ4v) is 2.79. The predicted octanol–water partition coefficient (Wildman–Crippen LogP) is 4.30. The molecule has 25 heavy (non-hydrogen) atoms. The zero-order valence-electron chi connectivity index (χ0n) is 14.0. The molecule has 0 spiro atoms. The van der Waals surface area contributed by atoms with Gasteiger partial charge in [0.05, 0.1) is 0 Å². The average molecular weight is 383 g/mol. The molecule has 0 aliphatic heterocycles. The molecule has 0 aliphatic rings. The Balaban J connectivity index is 2.32. The standard InChI is InChI=1S/C18H21F2NO2P2/c1-11(21(24)25)18(22)23-12(2)17(13-3-7-15(19)8-4-13)14-5-9-16(20)10-6-14/h3-12,17H,24-25H2,1-2H3/t11-,12+/m0/s1. The molecule has 0 aliphatic carbocycles. The topological polar surface area (TPSA) is 29.5 Å². The summed E-state index contributed by atoms with van der Waals surface area (Å²) in [7, 11) is 4.79. The number of carbonyl (C=O) groups is 1. The highest BCUT2D eigenvalue weighted by atomic mass is 31.1. The second kappa shape index (κ2) is 8.80. The third-order valence-electron chi connectivity index (χ3n) is 4.02. The van der Waals surface area contributed by atoms with Crippen molar-refractivity contribution in [3.63, 3.8) is 0 Å². The molecule has 2 unspecified atom stereocenters. The van der Waals surface area contributed by atoms with Crippen molar-refractivity contribution in [1.82, 2.24) is 4.44 Å². The highest BCUT2D eigenvalue weighted by Crippen LogP contribution is 2.31. The molecule has 0 radical (unpaired) electrons. The first kappa shape index (κ1) is 19.9.